The monoisotopic (exact) mass is 272 g/mol. The Kier molecular flexibility index (Phi) is 4.03. The first-order valence-electron chi connectivity index (χ1n) is 6.41. The van der Waals surface area contributed by atoms with Crippen LogP contribution in [0.15, 0.2) is 30.3 Å². The maximum absolute atomic E-state index is 11.8. The fourth-order valence-corrected chi connectivity index (χ4v) is 2.05. The summed E-state index contributed by atoms with van der Waals surface area (Å²) >= 11 is 0. The van der Waals surface area contributed by atoms with Gasteiger partial charge in [0, 0.05) is 6.92 Å². The van der Waals surface area contributed by atoms with Gasteiger partial charge in [-0.2, -0.15) is 0 Å². The van der Waals surface area contributed by atoms with Gasteiger partial charge >= 0.3 is 11.9 Å². The normalized spacial score (nSPS) is 10.3. The van der Waals surface area contributed by atoms with Crippen LogP contribution in [-0.2, 0) is 9.53 Å². The molecule has 0 radical (unpaired) electrons. The van der Waals surface area contributed by atoms with Gasteiger partial charge in [-0.1, -0.05) is 12.1 Å². The van der Waals surface area contributed by atoms with Crippen LogP contribution < -0.4 is 4.74 Å². The van der Waals surface area contributed by atoms with Gasteiger partial charge in [-0.05, 0) is 48.4 Å². The van der Waals surface area contributed by atoms with Crippen LogP contribution >= 0.6 is 0 Å². The maximum Gasteiger partial charge on any atom is 0.338 e. The number of ether oxygens (including phenoxy) is 2. The minimum atomic E-state index is -0.357. The summed E-state index contributed by atoms with van der Waals surface area (Å²) in [5.41, 5.74) is 1.38. The van der Waals surface area contributed by atoms with E-state index < -0.39 is 0 Å². The van der Waals surface area contributed by atoms with E-state index >= 15 is 0 Å². The Hall–Kier alpha value is -2.36. The number of fused-ring (bicyclic) bond motifs is 1. The highest BCUT2D eigenvalue weighted by atomic mass is 16.5. The van der Waals surface area contributed by atoms with Gasteiger partial charge in [0.1, 0.15) is 5.75 Å². The van der Waals surface area contributed by atoms with Crippen LogP contribution in [0.1, 0.15) is 29.8 Å². The highest BCUT2D eigenvalue weighted by Crippen LogP contribution is 2.25. The first-order chi connectivity index (χ1) is 9.51. The third-order valence-electron chi connectivity index (χ3n) is 2.91. The molecule has 0 saturated heterocycles. The molecule has 2 rings (SSSR count). The molecule has 0 saturated carbocycles. The Balaban J connectivity index is 2.45. The van der Waals surface area contributed by atoms with Crippen molar-refractivity contribution in [3.8, 4) is 5.75 Å². The SMILES string of the molecule is CCOC(=O)c1cc2ccc(OC(C)=O)cc2cc1C. The zero-order chi connectivity index (χ0) is 14.7. The number of hydrogen-bond acceptors (Lipinski definition) is 4. The van der Waals surface area contributed by atoms with Crippen molar-refractivity contribution < 1.29 is 19.1 Å². The molecule has 4 nitrogen and oxygen atoms in total. The predicted molar refractivity (Wildman–Crippen MR) is 76.0 cm³/mol. The number of carbonyl (C=O) groups excluding carboxylic acids is 2. The van der Waals surface area contributed by atoms with Gasteiger partial charge in [-0.3, -0.25) is 4.79 Å². The van der Waals surface area contributed by atoms with Crippen molar-refractivity contribution in [3.63, 3.8) is 0 Å². The van der Waals surface area contributed by atoms with Crippen LogP contribution in [-0.4, -0.2) is 18.5 Å². The predicted octanol–water partition coefficient (Wildman–Crippen LogP) is 3.25. The number of rotatable bonds is 3. The zero-order valence-electron chi connectivity index (χ0n) is 11.7. The average molecular weight is 272 g/mol. The quantitative estimate of drug-likeness (QED) is 0.635. The van der Waals surface area contributed by atoms with Gasteiger partial charge in [0.2, 0.25) is 0 Å². The number of benzene rings is 2. The van der Waals surface area contributed by atoms with E-state index in [4.69, 9.17) is 9.47 Å². The van der Waals surface area contributed by atoms with Crippen molar-refractivity contribution in [2.45, 2.75) is 20.8 Å². The Bertz CT molecular complexity index is 673. The zero-order valence-corrected chi connectivity index (χ0v) is 11.7. The fraction of sp³-hybridized carbons (Fsp3) is 0.250. The van der Waals surface area contributed by atoms with Crippen LogP contribution in [0.5, 0.6) is 5.75 Å². The van der Waals surface area contributed by atoms with E-state index in [1.165, 1.54) is 6.92 Å². The summed E-state index contributed by atoms with van der Waals surface area (Å²) < 4.78 is 10.1. The second-order valence-electron chi connectivity index (χ2n) is 4.49. The number of carbonyl (C=O) groups is 2. The summed E-state index contributed by atoms with van der Waals surface area (Å²) in [5, 5.41) is 1.81. The smallest absolute Gasteiger partial charge is 0.338 e. The minimum absolute atomic E-state index is 0.323. The van der Waals surface area contributed by atoms with Crippen LogP contribution in [0, 0.1) is 6.92 Å². The largest absolute Gasteiger partial charge is 0.462 e. The maximum atomic E-state index is 11.8. The summed E-state index contributed by atoms with van der Waals surface area (Å²) in [4.78, 5) is 22.8. The van der Waals surface area contributed by atoms with Crippen molar-refractivity contribution in [3.05, 3.63) is 41.5 Å². The van der Waals surface area contributed by atoms with Crippen LogP contribution in [0.3, 0.4) is 0 Å². The standard InChI is InChI=1S/C16H16O4/c1-4-19-16(18)15-9-12-5-6-14(20-11(3)17)8-13(12)7-10(15)2/h5-9H,4H2,1-3H3. The van der Waals surface area contributed by atoms with Crippen LogP contribution in [0.2, 0.25) is 0 Å². The highest BCUT2D eigenvalue weighted by Gasteiger charge is 2.11. The molecule has 0 amide bonds. The van der Waals surface area contributed by atoms with E-state index in [-0.39, 0.29) is 11.9 Å². The molecule has 20 heavy (non-hydrogen) atoms. The lowest BCUT2D eigenvalue weighted by Gasteiger charge is -2.09. The summed E-state index contributed by atoms with van der Waals surface area (Å²) in [7, 11) is 0. The topological polar surface area (TPSA) is 52.6 Å². The second kappa shape index (κ2) is 5.74. The van der Waals surface area contributed by atoms with Gasteiger partial charge in [-0.25, -0.2) is 4.79 Å². The van der Waals surface area contributed by atoms with E-state index in [0.29, 0.717) is 17.9 Å². The Morgan fingerprint density at radius 3 is 2.50 bits per heavy atom. The number of aryl methyl sites for hydroxylation is 1. The molecule has 0 fully saturated rings. The lowest BCUT2D eigenvalue weighted by atomic mass is 10.0. The highest BCUT2D eigenvalue weighted by molar-refractivity contribution is 5.97. The van der Waals surface area contributed by atoms with E-state index in [2.05, 4.69) is 0 Å². The molecule has 0 spiro atoms. The minimum Gasteiger partial charge on any atom is -0.462 e. The molecular formula is C16H16O4. The fourth-order valence-electron chi connectivity index (χ4n) is 2.05. The van der Waals surface area contributed by atoms with Crippen molar-refractivity contribution >= 4 is 22.7 Å². The third kappa shape index (κ3) is 2.96. The average Bonchev–Trinajstić information content (AvgIpc) is 2.37. The van der Waals surface area contributed by atoms with E-state index in [1.807, 2.05) is 19.1 Å². The molecule has 0 aromatic heterocycles. The summed E-state index contributed by atoms with van der Waals surface area (Å²) in [6, 6.07) is 8.97. The van der Waals surface area contributed by atoms with E-state index in [0.717, 1.165) is 16.3 Å². The molecule has 0 aliphatic rings. The van der Waals surface area contributed by atoms with Crippen molar-refractivity contribution in [2.24, 2.45) is 0 Å². The Morgan fingerprint density at radius 1 is 1.10 bits per heavy atom. The lowest BCUT2D eigenvalue weighted by Crippen LogP contribution is -2.06. The molecule has 0 unspecified atom stereocenters. The third-order valence-corrected chi connectivity index (χ3v) is 2.91. The molecular weight excluding hydrogens is 256 g/mol. The molecule has 2 aromatic carbocycles. The Morgan fingerprint density at radius 2 is 1.85 bits per heavy atom. The first kappa shape index (κ1) is 14.1. The lowest BCUT2D eigenvalue weighted by molar-refractivity contribution is -0.131. The number of hydrogen-bond donors (Lipinski definition) is 0. The van der Waals surface area contributed by atoms with Gasteiger partial charge < -0.3 is 9.47 Å². The van der Waals surface area contributed by atoms with E-state index in [9.17, 15) is 9.59 Å². The van der Waals surface area contributed by atoms with Crippen molar-refractivity contribution in [1.82, 2.24) is 0 Å². The summed E-state index contributed by atoms with van der Waals surface area (Å²) in [5.74, 6) is -0.187. The molecule has 0 heterocycles. The second-order valence-corrected chi connectivity index (χ2v) is 4.49. The molecule has 0 bridgehead atoms. The van der Waals surface area contributed by atoms with Crippen molar-refractivity contribution in [1.29, 1.82) is 0 Å². The summed E-state index contributed by atoms with van der Waals surface area (Å²) in [6.45, 7) is 5.34. The first-order valence-corrected chi connectivity index (χ1v) is 6.41. The summed E-state index contributed by atoms with van der Waals surface area (Å²) in [6.07, 6.45) is 0. The van der Waals surface area contributed by atoms with Gasteiger partial charge in [0.25, 0.3) is 0 Å². The van der Waals surface area contributed by atoms with E-state index in [1.54, 1.807) is 25.1 Å². The van der Waals surface area contributed by atoms with Gasteiger partial charge in [0.15, 0.2) is 0 Å². The molecule has 4 heteroatoms. The molecule has 0 aliphatic carbocycles. The van der Waals surface area contributed by atoms with Gasteiger partial charge in [-0.15, -0.1) is 0 Å². The molecule has 2 aromatic rings. The molecule has 104 valence electrons. The molecule has 0 atom stereocenters. The number of esters is 2. The molecule has 0 aliphatic heterocycles. The molecule has 0 N–H and O–H groups in total. The van der Waals surface area contributed by atoms with Gasteiger partial charge in [0.05, 0.1) is 12.2 Å². The Labute approximate surface area is 117 Å². The van der Waals surface area contributed by atoms with Crippen molar-refractivity contribution in [2.75, 3.05) is 6.61 Å². The van der Waals surface area contributed by atoms with Crippen LogP contribution in [0.25, 0.3) is 10.8 Å². The van der Waals surface area contributed by atoms with Crippen LogP contribution in [0.4, 0.5) is 0 Å².